The lowest BCUT2D eigenvalue weighted by atomic mass is 9.98. The molecule has 4 heteroatoms. The monoisotopic (exact) mass is 235 g/mol. The van der Waals surface area contributed by atoms with E-state index in [4.69, 9.17) is 4.74 Å². The predicted octanol–water partition coefficient (Wildman–Crippen LogP) is 0.621. The van der Waals surface area contributed by atoms with Gasteiger partial charge in [0.05, 0.1) is 25.7 Å². The summed E-state index contributed by atoms with van der Waals surface area (Å²) in [6.07, 6.45) is 0. The molecule has 92 valence electrons. The van der Waals surface area contributed by atoms with E-state index in [1.807, 2.05) is 30.3 Å². The van der Waals surface area contributed by atoms with Crippen molar-refractivity contribution in [1.29, 1.82) is 0 Å². The first kappa shape index (κ1) is 12.1. The number of aliphatic hydroxyl groups excluding tert-OH is 1. The molecule has 0 radical (unpaired) electrons. The second-order valence-corrected chi connectivity index (χ2v) is 4.08. The molecule has 0 saturated carbocycles. The summed E-state index contributed by atoms with van der Waals surface area (Å²) >= 11 is 0. The number of amides is 1. The standard InChI is InChI=1S/C13H17NO3/c15-10-12(11-4-2-1-3-5-11)13(16)14-6-8-17-9-7-14/h1-5,12,15H,6-10H2. The van der Waals surface area contributed by atoms with Gasteiger partial charge in [0.25, 0.3) is 0 Å². The van der Waals surface area contributed by atoms with E-state index in [1.165, 1.54) is 0 Å². The number of carbonyl (C=O) groups excluding carboxylic acids is 1. The number of morpholine rings is 1. The van der Waals surface area contributed by atoms with Crippen LogP contribution in [0.3, 0.4) is 0 Å². The maximum atomic E-state index is 12.2. The van der Waals surface area contributed by atoms with E-state index in [2.05, 4.69) is 0 Å². The molecule has 1 heterocycles. The van der Waals surface area contributed by atoms with Crippen molar-refractivity contribution < 1.29 is 14.6 Å². The van der Waals surface area contributed by atoms with Crippen LogP contribution in [0.1, 0.15) is 11.5 Å². The summed E-state index contributed by atoms with van der Waals surface area (Å²) in [4.78, 5) is 14.0. The van der Waals surface area contributed by atoms with Crippen molar-refractivity contribution in [3.05, 3.63) is 35.9 Å². The summed E-state index contributed by atoms with van der Waals surface area (Å²) in [7, 11) is 0. The van der Waals surface area contributed by atoms with Crippen LogP contribution >= 0.6 is 0 Å². The van der Waals surface area contributed by atoms with Crippen LogP contribution in [0, 0.1) is 0 Å². The molecule has 0 spiro atoms. The van der Waals surface area contributed by atoms with Crippen LogP contribution in [-0.2, 0) is 9.53 Å². The molecule has 1 aliphatic rings. The van der Waals surface area contributed by atoms with E-state index in [-0.39, 0.29) is 12.5 Å². The molecule has 1 amide bonds. The number of benzene rings is 1. The Kier molecular flexibility index (Phi) is 4.12. The largest absolute Gasteiger partial charge is 0.395 e. The van der Waals surface area contributed by atoms with Crippen LogP contribution in [0.2, 0.25) is 0 Å². The van der Waals surface area contributed by atoms with Crippen molar-refractivity contribution >= 4 is 5.91 Å². The van der Waals surface area contributed by atoms with Crippen molar-refractivity contribution in [2.24, 2.45) is 0 Å². The van der Waals surface area contributed by atoms with Gasteiger partial charge in [-0.25, -0.2) is 0 Å². The third-order valence-corrected chi connectivity index (χ3v) is 3.01. The zero-order valence-electron chi connectivity index (χ0n) is 9.71. The summed E-state index contributed by atoms with van der Waals surface area (Å²) in [5.74, 6) is -0.462. The number of hydrogen-bond donors (Lipinski definition) is 1. The first-order chi connectivity index (χ1) is 8.33. The number of aliphatic hydroxyl groups is 1. The SMILES string of the molecule is O=C(C(CO)c1ccccc1)N1CCOCC1. The fraction of sp³-hybridized carbons (Fsp3) is 0.462. The molecule has 0 aromatic heterocycles. The second kappa shape index (κ2) is 5.80. The molecular weight excluding hydrogens is 218 g/mol. The van der Waals surface area contributed by atoms with Gasteiger partial charge in [-0.3, -0.25) is 4.79 Å². The van der Waals surface area contributed by atoms with Gasteiger partial charge >= 0.3 is 0 Å². The smallest absolute Gasteiger partial charge is 0.232 e. The Morgan fingerprint density at radius 1 is 1.29 bits per heavy atom. The first-order valence-corrected chi connectivity index (χ1v) is 5.85. The lowest BCUT2D eigenvalue weighted by Gasteiger charge is -2.30. The third-order valence-electron chi connectivity index (χ3n) is 3.01. The van der Waals surface area contributed by atoms with Crippen molar-refractivity contribution in [1.82, 2.24) is 4.90 Å². The highest BCUT2D eigenvalue weighted by Crippen LogP contribution is 2.18. The van der Waals surface area contributed by atoms with Crippen LogP contribution in [0.5, 0.6) is 0 Å². The molecule has 1 fully saturated rings. The molecule has 1 aliphatic heterocycles. The molecule has 0 bridgehead atoms. The molecule has 17 heavy (non-hydrogen) atoms. The van der Waals surface area contributed by atoms with Gasteiger partial charge in [-0.15, -0.1) is 0 Å². The van der Waals surface area contributed by atoms with Crippen molar-refractivity contribution in [3.63, 3.8) is 0 Å². The molecule has 1 aromatic carbocycles. The number of nitrogens with zero attached hydrogens (tertiary/aromatic N) is 1. The lowest BCUT2D eigenvalue weighted by Crippen LogP contribution is -2.43. The van der Waals surface area contributed by atoms with Gasteiger partial charge in [0.15, 0.2) is 0 Å². The summed E-state index contributed by atoms with van der Waals surface area (Å²) in [5.41, 5.74) is 0.867. The van der Waals surface area contributed by atoms with Crippen molar-refractivity contribution in [2.75, 3.05) is 32.9 Å². The van der Waals surface area contributed by atoms with Crippen LogP contribution in [0.4, 0.5) is 0 Å². The molecule has 1 N–H and O–H groups in total. The van der Waals surface area contributed by atoms with Crippen LogP contribution in [0.25, 0.3) is 0 Å². The van der Waals surface area contributed by atoms with Gasteiger partial charge < -0.3 is 14.7 Å². The number of hydrogen-bond acceptors (Lipinski definition) is 3. The van der Waals surface area contributed by atoms with Crippen LogP contribution in [-0.4, -0.2) is 48.8 Å². The van der Waals surface area contributed by atoms with Crippen molar-refractivity contribution in [3.8, 4) is 0 Å². The zero-order valence-corrected chi connectivity index (χ0v) is 9.71. The Morgan fingerprint density at radius 3 is 2.53 bits per heavy atom. The first-order valence-electron chi connectivity index (χ1n) is 5.85. The Labute approximate surface area is 101 Å². The van der Waals surface area contributed by atoms with E-state index in [0.29, 0.717) is 26.3 Å². The average molecular weight is 235 g/mol. The zero-order chi connectivity index (χ0) is 12.1. The number of carbonyl (C=O) groups is 1. The summed E-state index contributed by atoms with van der Waals surface area (Å²) in [6.45, 7) is 2.24. The minimum absolute atomic E-state index is 0.0120. The van der Waals surface area contributed by atoms with Crippen molar-refractivity contribution in [2.45, 2.75) is 5.92 Å². The van der Waals surface area contributed by atoms with Gasteiger partial charge in [-0.05, 0) is 5.56 Å². The predicted molar refractivity (Wildman–Crippen MR) is 63.7 cm³/mol. The lowest BCUT2D eigenvalue weighted by molar-refractivity contribution is -0.137. The van der Waals surface area contributed by atoms with E-state index < -0.39 is 5.92 Å². The number of ether oxygens (including phenoxy) is 1. The van der Waals surface area contributed by atoms with Crippen LogP contribution < -0.4 is 0 Å². The average Bonchev–Trinajstić information content (AvgIpc) is 2.42. The topological polar surface area (TPSA) is 49.8 Å². The number of rotatable bonds is 3. The van der Waals surface area contributed by atoms with E-state index in [9.17, 15) is 9.90 Å². The molecule has 1 atom stereocenters. The Hall–Kier alpha value is -1.39. The summed E-state index contributed by atoms with van der Waals surface area (Å²) in [5, 5.41) is 9.40. The highest BCUT2D eigenvalue weighted by atomic mass is 16.5. The summed E-state index contributed by atoms with van der Waals surface area (Å²) in [6, 6.07) is 9.41. The van der Waals surface area contributed by atoms with Gasteiger partial charge in [-0.2, -0.15) is 0 Å². The fourth-order valence-electron chi connectivity index (χ4n) is 2.02. The Bertz CT molecular complexity index is 360. The third kappa shape index (κ3) is 2.84. The fourth-order valence-corrected chi connectivity index (χ4v) is 2.02. The quantitative estimate of drug-likeness (QED) is 0.835. The molecular formula is C13H17NO3. The van der Waals surface area contributed by atoms with E-state index in [0.717, 1.165) is 5.56 Å². The van der Waals surface area contributed by atoms with Crippen LogP contribution in [0.15, 0.2) is 30.3 Å². The van der Waals surface area contributed by atoms with Gasteiger partial charge in [-0.1, -0.05) is 30.3 Å². The van der Waals surface area contributed by atoms with Gasteiger partial charge in [0, 0.05) is 13.1 Å². The molecule has 4 nitrogen and oxygen atoms in total. The molecule has 0 aliphatic carbocycles. The second-order valence-electron chi connectivity index (χ2n) is 4.08. The minimum atomic E-state index is -0.450. The molecule has 2 rings (SSSR count). The Balaban J connectivity index is 2.10. The molecule has 1 saturated heterocycles. The van der Waals surface area contributed by atoms with E-state index in [1.54, 1.807) is 4.90 Å². The maximum absolute atomic E-state index is 12.2. The molecule has 1 aromatic rings. The normalized spacial score (nSPS) is 17.8. The highest BCUT2D eigenvalue weighted by Gasteiger charge is 2.26. The maximum Gasteiger partial charge on any atom is 0.232 e. The van der Waals surface area contributed by atoms with E-state index >= 15 is 0 Å². The molecule has 1 unspecified atom stereocenters. The minimum Gasteiger partial charge on any atom is -0.395 e. The summed E-state index contributed by atoms with van der Waals surface area (Å²) < 4.78 is 5.21. The highest BCUT2D eigenvalue weighted by molar-refractivity contribution is 5.84. The van der Waals surface area contributed by atoms with Gasteiger partial charge in [0.1, 0.15) is 0 Å². The Morgan fingerprint density at radius 2 is 1.94 bits per heavy atom. The van der Waals surface area contributed by atoms with Gasteiger partial charge in [0.2, 0.25) is 5.91 Å².